The van der Waals surface area contributed by atoms with Gasteiger partial charge in [0.25, 0.3) is 0 Å². The van der Waals surface area contributed by atoms with Crippen LogP contribution in [0.4, 0.5) is 4.79 Å². The van der Waals surface area contributed by atoms with Gasteiger partial charge in [-0.25, -0.2) is 4.79 Å². The van der Waals surface area contributed by atoms with Crippen molar-refractivity contribution in [3.8, 4) is 0 Å². The number of allylic oxidation sites excluding steroid dienone is 5. The molecule has 48 heavy (non-hydrogen) atoms. The third-order valence-electron chi connectivity index (χ3n) is 11.1. The molecule has 9 heteroatoms. The summed E-state index contributed by atoms with van der Waals surface area (Å²) in [6.07, 6.45) is 16.0. The fourth-order valence-electron chi connectivity index (χ4n) is 8.01. The first-order valence-corrected chi connectivity index (χ1v) is 18.0. The number of Topliss-reactive ketones (excluding diaryl/α,β-unsaturated/α-hetero) is 2. The number of ketones is 2. The predicted octanol–water partition coefficient (Wildman–Crippen LogP) is 5.78. The lowest BCUT2D eigenvalue weighted by Gasteiger charge is -2.61. The van der Waals surface area contributed by atoms with E-state index in [-0.39, 0.29) is 30.6 Å². The minimum absolute atomic E-state index is 0.0556. The van der Waals surface area contributed by atoms with Gasteiger partial charge in [-0.2, -0.15) is 0 Å². The molecule has 1 amide bonds. The second-order valence-corrected chi connectivity index (χ2v) is 15.3. The second kappa shape index (κ2) is 15.6. The van der Waals surface area contributed by atoms with Crippen molar-refractivity contribution in [1.29, 1.82) is 0 Å². The van der Waals surface area contributed by atoms with Crippen LogP contribution in [0, 0.1) is 17.3 Å². The Morgan fingerprint density at radius 1 is 1.06 bits per heavy atom. The summed E-state index contributed by atoms with van der Waals surface area (Å²) >= 11 is 0. The second-order valence-electron chi connectivity index (χ2n) is 15.3. The van der Waals surface area contributed by atoms with Crippen molar-refractivity contribution in [3.63, 3.8) is 0 Å². The topological polar surface area (TPSA) is 120 Å². The number of hydrogen-bond donors (Lipinski definition) is 2. The third kappa shape index (κ3) is 8.71. The monoisotopic (exact) mass is 661 g/mol. The molecule has 1 spiro atoms. The van der Waals surface area contributed by atoms with Crippen LogP contribution in [0.25, 0.3) is 0 Å². The lowest BCUT2D eigenvalue weighted by Crippen LogP contribution is -2.74. The molecule has 0 unspecified atom stereocenters. The highest BCUT2D eigenvalue weighted by Gasteiger charge is 2.55. The Labute approximate surface area is 286 Å². The van der Waals surface area contributed by atoms with Crippen LogP contribution < -0.4 is 0 Å². The van der Waals surface area contributed by atoms with Crippen LogP contribution in [0.1, 0.15) is 97.1 Å². The number of aliphatic hydroxyl groups excluding tert-OH is 1. The van der Waals surface area contributed by atoms with E-state index in [1.54, 1.807) is 30.2 Å². The lowest BCUT2D eigenvalue weighted by molar-refractivity contribution is -0.140. The van der Waals surface area contributed by atoms with E-state index < -0.39 is 47.3 Å². The summed E-state index contributed by atoms with van der Waals surface area (Å²) in [6, 6.07) is 6.43. The molecule has 1 saturated carbocycles. The van der Waals surface area contributed by atoms with Gasteiger partial charge in [-0.3, -0.25) is 19.5 Å². The molecule has 1 aromatic rings. The van der Waals surface area contributed by atoms with Crippen LogP contribution in [0.2, 0.25) is 0 Å². The number of pyridine rings is 1. The highest BCUT2D eigenvalue weighted by Crippen LogP contribution is 2.43. The Hall–Kier alpha value is -3.14. The van der Waals surface area contributed by atoms with Gasteiger partial charge in [0.2, 0.25) is 11.6 Å². The van der Waals surface area contributed by atoms with E-state index in [0.29, 0.717) is 24.7 Å². The maximum Gasteiger partial charge on any atom is 0.410 e. The molecule has 0 bridgehead atoms. The number of rotatable bonds is 6. The molecule has 6 atom stereocenters. The molecule has 262 valence electrons. The van der Waals surface area contributed by atoms with Gasteiger partial charge in [-0.15, -0.1) is 0 Å². The van der Waals surface area contributed by atoms with Gasteiger partial charge in [-0.05, 0) is 63.7 Å². The lowest BCUT2D eigenvalue weighted by atomic mass is 9.72. The quantitative estimate of drug-likeness (QED) is 0.171. The number of ether oxygens (including phenoxy) is 1. The molecule has 2 N–H and O–H groups in total. The summed E-state index contributed by atoms with van der Waals surface area (Å²) in [4.78, 5) is 48.6. The average Bonchev–Trinajstić information content (AvgIpc) is 3.30. The van der Waals surface area contributed by atoms with Crippen molar-refractivity contribution in [2.75, 3.05) is 26.2 Å². The normalized spacial score (nSPS) is 32.5. The maximum atomic E-state index is 13.5. The van der Waals surface area contributed by atoms with Gasteiger partial charge in [0.1, 0.15) is 5.60 Å². The van der Waals surface area contributed by atoms with Crippen molar-refractivity contribution in [3.05, 3.63) is 66.0 Å². The van der Waals surface area contributed by atoms with Crippen LogP contribution in [0.3, 0.4) is 0 Å². The summed E-state index contributed by atoms with van der Waals surface area (Å²) in [7, 11) is 0. The van der Waals surface area contributed by atoms with Crippen molar-refractivity contribution in [1.82, 2.24) is 14.8 Å². The summed E-state index contributed by atoms with van der Waals surface area (Å²) in [5, 5.41) is 22.2. The Bertz CT molecular complexity index is 1360. The zero-order chi connectivity index (χ0) is 34.5. The van der Waals surface area contributed by atoms with E-state index in [1.807, 2.05) is 57.2 Å². The van der Waals surface area contributed by atoms with E-state index in [0.717, 1.165) is 18.8 Å². The highest BCUT2D eigenvalue weighted by molar-refractivity contribution is 6.38. The highest BCUT2D eigenvalue weighted by atomic mass is 16.6. The summed E-state index contributed by atoms with van der Waals surface area (Å²) in [6.45, 7) is 10.6. The Balaban J connectivity index is 1.26. The van der Waals surface area contributed by atoms with Crippen molar-refractivity contribution >= 4 is 17.7 Å². The molecule has 3 heterocycles. The molecule has 2 aliphatic carbocycles. The SMILES string of the molecule is C/C(=C\C=C\[C@H](C)c1ccccn1)[C@H]1C(=O)C(=O)C[C@@H](O)CC[C@](C)(O)[C@@H](OC(=O)N2CC3(C2)CN(C2CCCCCC2)C3)/C=C/[C@@H]1C. The molecule has 5 rings (SSSR count). The molecule has 2 aliphatic heterocycles. The fourth-order valence-corrected chi connectivity index (χ4v) is 8.01. The van der Waals surface area contributed by atoms with Crippen LogP contribution in [-0.2, 0) is 14.3 Å². The van der Waals surface area contributed by atoms with E-state index in [4.69, 9.17) is 4.74 Å². The van der Waals surface area contributed by atoms with Crippen LogP contribution >= 0.6 is 0 Å². The minimum Gasteiger partial charge on any atom is -0.439 e. The van der Waals surface area contributed by atoms with Gasteiger partial charge in [-0.1, -0.05) is 75.5 Å². The van der Waals surface area contributed by atoms with E-state index in [9.17, 15) is 24.6 Å². The number of hydrogen-bond acceptors (Lipinski definition) is 8. The van der Waals surface area contributed by atoms with Gasteiger partial charge in [0.05, 0.1) is 12.0 Å². The first-order valence-electron chi connectivity index (χ1n) is 18.0. The van der Waals surface area contributed by atoms with Crippen molar-refractivity contribution in [2.45, 2.75) is 115 Å². The zero-order valence-electron chi connectivity index (χ0n) is 29.2. The van der Waals surface area contributed by atoms with E-state index in [2.05, 4.69) is 9.88 Å². The number of likely N-dealkylation sites (tertiary alicyclic amines) is 2. The van der Waals surface area contributed by atoms with Gasteiger partial charge in [0, 0.05) is 61.9 Å². The van der Waals surface area contributed by atoms with Gasteiger partial charge >= 0.3 is 6.09 Å². The van der Waals surface area contributed by atoms with E-state index in [1.165, 1.54) is 38.5 Å². The zero-order valence-corrected chi connectivity index (χ0v) is 29.2. The number of nitrogens with zero attached hydrogens (tertiary/aromatic N) is 3. The van der Waals surface area contributed by atoms with Crippen molar-refractivity contribution < 1.29 is 29.3 Å². The third-order valence-corrected chi connectivity index (χ3v) is 11.1. The Morgan fingerprint density at radius 2 is 1.77 bits per heavy atom. The number of amides is 1. The summed E-state index contributed by atoms with van der Waals surface area (Å²) in [5.74, 6) is -2.35. The molecule has 4 aliphatic rings. The minimum atomic E-state index is -1.49. The van der Waals surface area contributed by atoms with Gasteiger partial charge < -0.3 is 19.8 Å². The van der Waals surface area contributed by atoms with Crippen LogP contribution in [0.5, 0.6) is 0 Å². The number of carbonyl (C=O) groups is 3. The molecule has 9 nitrogen and oxygen atoms in total. The Morgan fingerprint density at radius 3 is 2.44 bits per heavy atom. The van der Waals surface area contributed by atoms with Crippen molar-refractivity contribution in [2.24, 2.45) is 17.3 Å². The molecule has 0 radical (unpaired) electrons. The molecular weight excluding hydrogens is 606 g/mol. The Kier molecular flexibility index (Phi) is 11.8. The summed E-state index contributed by atoms with van der Waals surface area (Å²) < 4.78 is 5.97. The molecule has 1 aromatic heterocycles. The van der Waals surface area contributed by atoms with Crippen LogP contribution in [-0.4, -0.2) is 92.7 Å². The van der Waals surface area contributed by atoms with E-state index >= 15 is 0 Å². The van der Waals surface area contributed by atoms with Crippen LogP contribution in [0.15, 0.2) is 60.3 Å². The first kappa shape index (κ1) is 36.1. The number of aromatic nitrogens is 1. The molecular formula is C39H55N3O6. The smallest absolute Gasteiger partial charge is 0.410 e. The fraction of sp³-hybridized carbons (Fsp3) is 0.641. The molecule has 0 aromatic carbocycles. The largest absolute Gasteiger partial charge is 0.439 e. The number of aliphatic hydroxyl groups is 2. The average molecular weight is 662 g/mol. The number of carbonyl (C=O) groups excluding carboxylic acids is 3. The molecule has 3 fully saturated rings. The van der Waals surface area contributed by atoms with Gasteiger partial charge in [0.15, 0.2) is 6.10 Å². The molecule has 2 saturated heterocycles. The predicted molar refractivity (Wildman–Crippen MR) is 185 cm³/mol. The summed E-state index contributed by atoms with van der Waals surface area (Å²) in [5.41, 5.74) is 0.279. The standard InChI is InChI=1S/C39H55N3O6/c1-27(32-16-9-10-21-40-32)12-11-13-28(2)35-29(3)17-18-34(38(4,47)20-19-31(43)22-33(44)36(35)45)48-37(46)42-25-39(26-42)23-41(24-39)30-14-7-5-6-8-15-30/h9-13,16-18,21,27,29-31,34-35,43,47H,5-8,14-15,19-20,22-26H2,1-4H3/b12-11+,18-17+,28-13+/t27-,29-,31-,34-,35+,38-/m0/s1. The first-order chi connectivity index (χ1) is 22.9. The maximum absolute atomic E-state index is 13.5.